The SMILES string of the molecule is Cc1cn(CCc2ccccc2)c(C)n1. The van der Waals surface area contributed by atoms with Crippen LogP contribution < -0.4 is 0 Å². The number of hydrogen-bond donors (Lipinski definition) is 0. The van der Waals surface area contributed by atoms with Crippen LogP contribution in [0.4, 0.5) is 0 Å². The zero-order chi connectivity index (χ0) is 10.7. The molecule has 2 heteroatoms. The highest BCUT2D eigenvalue weighted by molar-refractivity contribution is 5.14. The predicted molar refractivity (Wildman–Crippen MR) is 61.8 cm³/mol. The number of aryl methyl sites for hydroxylation is 4. The van der Waals surface area contributed by atoms with E-state index in [1.165, 1.54) is 5.56 Å². The van der Waals surface area contributed by atoms with Crippen molar-refractivity contribution in [2.45, 2.75) is 26.8 Å². The minimum Gasteiger partial charge on any atom is -0.335 e. The van der Waals surface area contributed by atoms with E-state index < -0.39 is 0 Å². The van der Waals surface area contributed by atoms with Crippen LogP contribution in [0.3, 0.4) is 0 Å². The Bertz CT molecular complexity index is 429. The number of rotatable bonds is 3. The maximum atomic E-state index is 4.39. The van der Waals surface area contributed by atoms with Gasteiger partial charge in [0.05, 0.1) is 5.69 Å². The second-order valence-corrected chi connectivity index (χ2v) is 3.86. The van der Waals surface area contributed by atoms with Gasteiger partial charge in [-0.2, -0.15) is 0 Å². The Morgan fingerprint density at radius 2 is 1.87 bits per heavy atom. The molecule has 1 aromatic carbocycles. The summed E-state index contributed by atoms with van der Waals surface area (Å²) in [6.45, 7) is 5.10. The highest BCUT2D eigenvalue weighted by Crippen LogP contribution is 2.05. The van der Waals surface area contributed by atoms with Gasteiger partial charge in [0, 0.05) is 12.7 Å². The Morgan fingerprint density at radius 1 is 1.13 bits per heavy atom. The van der Waals surface area contributed by atoms with E-state index in [-0.39, 0.29) is 0 Å². The fraction of sp³-hybridized carbons (Fsp3) is 0.308. The van der Waals surface area contributed by atoms with Gasteiger partial charge in [-0.25, -0.2) is 4.98 Å². The molecule has 0 aliphatic heterocycles. The molecule has 0 radical (unpaired) electrons. The second kappa shape index (κ2) is 4.30. The molecule has 0 amide bonds. The first kappa shape index (κ1) is 9.97. The first-order valence-corrected chi connectivity index (χ1v) is 5.30. The quantitative estimate of drug-likeness (QED) is 0.745. The lowest BCUT2D eigenvalue weighted by molar-refractivity contribution is 0.673. The van der Waals surface area contributed by atoms with Gasteiger partial charge < -0.3 is 4.57 Å². The summed E-state index contributed by atoms with van der Waals surface area (Å²) in [4.78, 5) is 4.39. The zero-order valence-corrected chi connectivity index (χ0v) is 9.27. The van der Waals surface area contributed by atoms with Crippen molar-refractivity contribution in [3.63, 3.8) is 0 Å². The van der Waals surface area contributed by atoms with E-state index in [2.05, 4.69) is 53.0 Å². The second-order valence-electron chi connectivity index (χ2n) is 3.86. The minimum absolute atomic E-state index is 1.01. The minimum atomic E-state index is 1.01. The van der Waals surface area contributed by atoms with E-state index in [9.17, 15) is 0 Å². The van der Waals surface area contributed by atoms with Crippen molar-refractivity contribution in [1.82, 2.24) is 9.55 Å². The van der Waals surface area contributed by atoms with Gasteiger partial charge in [-0.05, 0) is 25.8 Å². The third-order valence-corrected chi connectivity index (χ3v) is 2.58. The molecule has 0 spiro atoms. The summed E-state index contributed by atoms with van der Waals surface area (Å²) in [6, 6.07) is 10.6. The lowest BCUT2D eigenvalue weighted by Crippen LogP contribution is -2.01. The molecule has 1 aromatic heterocycles. The molecular weight excluding hydrogens is 184 g/mol. The average molecular weight is 200 g/mol. The summed E-state index contributed by atoms with van der Waals surface area (Å²) >= 11 is 0. The van der Waals surface area contributed by atoms with Crippen molar-refractivity contribution in [3.05, 3.63) is 53.6 Å². The van der Waals surface area contributed by atoms with Crippen molar-refractivity contribution >= 4 is 0 Å². The average Bonchev–Trinajstić information content (AvgIpc) is 2.56. The first-order valence-electron chi connectivity index (χ1n) is 5.30. The van der Waals surface area contributed by atoms with Crippen LogP contribution in [0.2, 0.25) is 0 Å². The van der Waals surface area contributed by atoms with Crippen molar-refractivity contribution in [1.29, 1.82) is 0 Å². The topological polar surface area (TPSA) is 17.8 Å². The highest BCUT2D eigenvalue weighted by atomic mass is 15.1. The number of imidazole rings is 1. The van der Waals surface area contributed by atoms with Crippen molar-refractivity contribution in [2.24, 2.45) is 0 Å². The number of benzene rings is 1. The third kappa shape index (κ3) is 2.46. The Morgan fingerprint density at radius 3 is 2.47 bits per heavy atom. The summed E-state index contributed by atoms with van der Waals surface area (Å²) in [7, 11) is 0. The Kier molecular flexibility index (Phi) is 2.86. The molecule has 0 aliphatic rings. The standard InChI is InChI=1S/C13H16N2/c1-11-10-15(12(2)14-11)9-8-13-6-4-3-5-7-13/h3-7,10H,8-9H2,1-2H3. The molecular formula is C13H16N2. The molecule has 0 unspecified atom stereocenters. The smallest absolute Gasteiger partial charge is 0.105 e. The van der Waals surface area contributed by atoms with E-state index in [0.29, 0.717) is 0 Å². The van der Waals surface area contributed by atoms with Crippen molar-refractivity contribution < 1.29 is 0 Å². The van der Waals surface area contributed by atoms with Crippen LogP contribution in [-0.4, -0.2) is 9.55 Å². The van der Waals surface area contributed by atoms with Crippen LogP contribution in [0.1, 0.15) is 17.1 Å². The van der Waals surface area contributed by atoms with Crippen LogP contribution in [0.5, 0.6) is 0 Å². The van der Waals surface area contributed by atoms with Crippen LogP contribution >= 0.6 is 0 Å². The maximum absolute atomic E-state index is 4.39. The molecule has 0 aliphatic carbocycles. The lowest BCUT2D eigenvalue weighted by Gasteiger charge is -2.04. The van der Waals surface area contributed by atoms with Crippen molar-refractivity contribution in [3.8, 4) is 0 Å². The summed E-state index contributed by atoms with van der Waals surface area (Å²) in [5.41, 5.74) is 2.48. The fourth-order valence-electron chi connectivity index (χ4n) is 1.79. The lowest BCUT2D eigenvalue weighted by atomic mass is 10.1. The van der Waals surface area contributed by atoms with Gasteiger partial charge in [-0.1, -0.05) is 30.3 Å². The summed E-state index contributed by atoms with van der Waals surface area (Å²) in [6.07, 6.45) is 3.18. The maximum Gasteiger partial charge on any atom is 0.105 e. The van der Waals surface area contributed by atoms with E-state index in [0.717, 1.165) is 24.5 Å². The van der Waals surface area contributed by atoms with Gasteiger partial charge in [0.25, 0.3) is 0 Å². The molecule has 0 fully saturated rings. The molecule has 0 bridgehead atoms. The molecule has 0 N–H and O–H groups in total. The van der Waals surface area contributed by atoms with Crippen LogP contribution in [-0.2, 0) is 13.0 Å². The molecule has 15 heavy (non-hydrogen) atoms. The molecule has 0 saturated carbocycles. The Labute approximate surface area is 90.6 Å². The van der Waals surface area contributed by atoms with Crippen LogP contribution in [0.15, 0.2) is 36.5 Å². The van der Waals surface area contributed by atoms with Gasteiger partial charge >= 0.3 is 0 Å². The Balaban J connectivity index is 2.02. The Hall–Kier alpha value is -1.57. The van der Waals surface area contributed by atoms with Gasteiger partial charge in [0.1, 0.15) is 5.82 Å². The molecule has 2 nitrogen and oxygen atoms in total. The first-order chi connectivity index (χ1) is 7.25. The molecule has 1 heterocycles. The van der Waals surface area contributed by atoms with Gasteiger partial charge in [0.2, 0.25) is 0 Å². The van der Waals surface area contributed by atoms with Gasteiger partial charge in [0.15, 0.2) is 0 Å². The molecule has 2 aromatic rings. The summed E-state index contributed by atoms with van der Waals surface area (Å²) in [5.74, 6) is 1.10. The van der Waals surface area contributed by atoms with E-state index >= 15 is 0 Å². The molecule has 0 atom stereocenters. The number of aromatic nitrogens is 2. The van der Waals surface area contributed by atoms with Crippen molar-refractivity contribution in [2.75, 3.05) is 0 Å². The van der Waals surface area contributed by atoms with E-state index in [1.807, 2.05) is 6.92 Å². The normalized spacial score (nSPS) is 10.5. The van der Waals surface area contributed by atoms with Gasteiger partial charge in [-0.15, -0.1) is 0 Å². The zero-order valence-electron chi connectivity index (χ0n) is 9.27. The largest absolute Gasteiger partial charge is 0.335 e. The van der Waals surface area contributed by atoms with E-state index in [4.69, 9.17) is 0 Å². The molecule has 78 valence electrons. The predicted octanol–water partition coefficient (Wildman–Crippen LogP) is 2.74. The molecule has 2 rings (SSSR count). The third-order valence-electron chi connectivity index (χ3n) is 2.58. The molecule has 0 saturated heterocycles. The van der Waals surface area contributed by atoms with Crippen LogP contribution in [0, 0.1) is 13.8 Å². The monoisotopic (exact) mass is 200 g/mol. The highest BCUT2D eigenvalue weighted by Gasteiger charge is 2.00. The fourth-order valence-corrected chi connectivity index (χ4v) is 1.79. The summed E-state index contributed by atoms with van der Waals surface area (Å²) < 4.78 is 2.21. The van der Waals surface area contributed by atoms with Crippen LogP contribution in [0.25, 0.3) is 0 Å². The number of hydrogen-bond acceptors (Lipinski definition) is 1. The van der Waals surface area contributed by atoms with Gasteiger partial charge in [-0.3, -0.25) is 0 Å². The summed E-state index contributed by atoms with van der Waals surface area (Å²) in [5, 5.41) is 0. The van der Waals surface area contributed by atoms with E-state index in [1.54, 1.807) is 0 Å². The number of nitrogens with zero attached hydrogens (tertiary/aromatic N) is 2.